The number of hydrazine groups is 1. The molecule has 0 heterocycles. The molecule has 0 fully saturated rings. The smallest absolute Gasteiger partial charge is 0.265 e. The Morgan fingerprint density at radius 1 is 1.44 bits per heavy atom. The van der Waals surface area contributed by atoms with Gasteiger partial charge in [0.2, 0.25) is 0 Å². The number of carbonyl (C=O) groups excluding carboxylic acids is 1. The number of nitrogen functional groups attached to an aromatic ring is 1. The van der Waals surface area contributed by atoms with Crippen LogP contribution in [0.3, 0.4) is 0 Å². The summed E-state index contributed by atoms with van der Waals surface area (Å²) in [6, 6.07) is 6.25. The molecule has 0 aliphatic rings. The van der Waals surface area contributed by atoms with Crippen molar-refractivity contribution in [1.29, 1.82) is 0 Å². The zero-order valence-electron chi connectivity index (χ0n) is 8.59. The topological polar surface area (TPSA) is 105 Å². The quantitative estimate of drug-likeness (QED) is 0.293. The molecule has 16 heavy (non-hydrogen) atoms. The number of benzene rings is 1. The Bertz CT molecular complexity index is 339. The highest BCUT2D eigenvalue weighted by molar-refractivity contribution is 5.93. The lowest BCUT2D eigenvalue weighted by atomic mass is 10.2. The van der Waals surface area contributed by atoms with Gasteiger partial charge in [0, 0.05) is 5.56 Å². The van der Waals surface area contributed by atoms with Crippen molar-refractivity contribution in [2.75, 3.05) is 13.2 Å². The monoisotopic (exact) mass is 226 g/mol. The Hall–Kier alpha value is -1.63. The maximum atomic E-state index is 11.1. The average molecular weight is 226 g/mol. The third-order valence-electron chi connectivity index (χ3n) is 1.90. The van der Waals surface area contributed by atoms with Crippen LogP contribution >= 0.6 is 0 Å². The molecule has 88 valence electrons. The summed E-state index contributed by atoms with van der Waals surface area (Å²) in [6.07, 6.45) is -0.910. The molecule has 0 saturated carbocycles. The Balaban J connectivity index is 2.54. The van der Waals surface area contributed by atoms with Gasteiger partial charge in [-0.05, 0) is 24.3 Å². The summed E-state index contributed by atoms with van der Waals surface area (Å²) in [5.74, 6) is 5.08. The number of aliphatic hydroxyl groups is 2. The molecule has 1 amide bonds. The van der Waals surface area contributed by atoms with E-state index in [1.54, 1.807) is 24.3 Å². The first-order valence-electron chi connectivity index (χ1n) is 4.70. The fraction of sp³-hybridized carbons (Fsp3) is 0.300. The fourth-order valence-electron chi connectivity index (χ4n) is 1.03. The first-order valence-corrected chi connectivity index (χ1v) is 4.70. The number of amides is 1. The number of carbonyl (C=O) groups is 1. The van der Waals surface area contributed by atoms with Gasteiger partial charge in [-0.2, -0.15) is 0 Å². The van der Waals surface area contributed by atoms with Crippen molar-refractivity contribution in [2.24, 2.45) is 5.84 Å². The van der Waals surface area contributed by atoms with Crippen LogP contribution in [-0.4, -0.2) is 35.4 Å². The largest absolute Gasteiger partial charge is 0.491 e. The molecule has 6 nitrogen and oxygen atoms in total. The highest BCUT2D eigenvalue weighted by Gasteiger charge is 2.05. The van der Waals surface area contributed by atoms with Crippen LogP contribution in [0.5, 0.6) is 5.75 Å². The van der Waals surface area contributed by atoms with E-state index >= 15 is 0 Å². The minimum absolute atomic E-state index is 0.00106. The highest BCUT2D eigenvalue weighted by atomic mass is 16.5. The van der Waals surface area contributed by atoms with E-state index in [9.17, 15) is 4.79 Å². The van der Waals surface area contributed by atoms with Gasteiger partial charge in [0.05, 0.1) is 6.61 Å². The second-order valence-electron chi connectivity index (χ2n) is 3.15. The predicted molar refractivity (Wildman–Crippen MR) is 56.7 cm³/mol. The first-order chi connectivity index (χ1) is 7.67. The van der Waals surface area contributed by atoms with Gasteiger partial charge in [-0.3, -0.25) is 10.2 Å². The Kier molecular flexibility index (Phi) is 4.71. The van der Waals surface area contributed by atoms with Crippen molar-refractivity contribution in [3.05, 3.63) is 29.8 Å². The summed E-state index contributed by atoms with van der Waals surface area (Å²) in [7, 11) is 0. The Morgan fingerprint density at radius 2 is 2.06 bits per heavy atom. The lowest BCUT2D eigenvalue weighted by Crippen LogP contribution is -2.29. The van der Waals surface area contributed by atoms with E-state index < -0.39 is 6.10 Å². The van der Waals surface area contributed by atoms with E-state index in [1.807, 2.05) is 5.43 Å². The summed E-state index contributed by atoms with van der Waals surface area (Å²) in [5, 5.41) is 17.6. The summed E-state index contributed by atoms with van der Waals surface area (Å²) in [6.45, 7) is -0.355. The van der Waals surface area contributed by atoms with Crippen LogP contribution in [0.15, 0.2) is 24.3 Å². The average Bonchev–Trinajstić information content (AvgIpc) is 2.35. The number of nitrogens with two attached hydrogens (primary N) is 1. The van der Waals surface area contributed by atoms with E-state index in [-0.39, 0.29) is 19.1 Å². The molecule has 0 saturated heterocycles. The van der Waals surface area contributed by atoms with Gasteiger partial charge in [0.25, 0.3) is 5.91 Å². The van der Waals surface area contributed by atoms with E-state index in [0.717, 1.165) is 0 Å². The molecule has 5 N–H and O–H groups in total. The zero-order valence-corrected chi connectivity index (χ0v) is 8.59. The van der Waals surface area contributed by atoms with Crippen LogP contribution < -0.4 is 16.0 Å². The minimum atomic E-state index is -0.910. The molecule has 0 aliphatic heterocycles. The summed E-state index contributed by atoms with van der Waals surface area (Å²) in [5.41, 5.74) is 2.42. The molecule has 0 radical (unpaired) electrons. The fourth-order valence-corrected chi connectivity index (χ4v) is 1.03. The number of hydrogen-bond donors (Lipinski definition) is 4. The van der Waals surface area contributed by atoms with Crippen molar-refractivity contribution in [3.63, 3.8) is 0 Å². The van der Waals surface area contributed by atoms with Gasteiger partial charge < -0.3 is 14.9 Å². The number of hydrogen-bond acceptors (Lipinski definition) is 5. The van der Waals surface area contributed by atoms with Crippen LogP contribution in [0.25, 0.3) is 0 Å². The van der Waals surface area contributed by atoms with Crippen molar-refractivity contribution < 1.29 is 19.7 Å². The van der Waals surface area contributed by atoms with E-state index in [2.05, 4.69) is 0 Å². The van der Waals surface area contributed by atoms with Crippen LogP contribution in [-0.2, 0) is 0 Å². The Morgan fingerprint density at radius 3 is 2.56 bits per heavy atom. The molecule has 0 unspecified atom stereocenters. The van der Waals surface area contributed by atoms with Crippen molar-refractivity contribution in [2.45, 2.75) is 6.10 Å². The van der Waals surface area contributed by atoms with Gasteiger partial charge in [0.1, 0.15) is 18.5 Å². The standard InChI is InChI=1S/C10H14N2O4/c11-12-10(15)7-1-3-9(4-2-7)16-6-8(14)5-13/h1-4,8,13-14H,5-6,11H2,(H,12,15)/t8-/m0/s1. The normalized spacial score (nSPS) is 11.9. The van der Waals surface area contributed by atoms with Crippen molar-refractivity contribution in [3.8, 4) is 5.75 Å². The van der Waals surface area contributed by atoms with E-state index in [0.29, 0.717) is 11.3 Å². The van der Waals surface area contributed by atoms with Crippen LogP contribution in [0.4, 0.5) is 0 Å². The maximum absolute atomic E-state index is 11.1. The lowest BCUT2D eigenvalue weighted by molar-refractivity contribution is 0.0536. The molecule has 1 aromatic carbocycles. The van der Waals surface area contributed by atoms with Gasteiger partial charge in [0.15, 0.2) is 0 Å². The van der Waals surface area contributed by atoms with Gasteiger partial charge in [-0.1, -0.05) is 0 Å². The highest BCUT2D eigenvalue weighted by Crippen LogP contribution is 2.12. The second kappa shape index (κ2) is 6.06. The van der Waals surface area contributed by atoms with Gasteiger partial charge in [-0.15, -0.1) is 0 Å². The van der Waals surface area contributed by atoms with Crippen LogP contribution in [0.1, 0.15) is 10.4 Å². The second-order valence-corrected chi connectivity index (χ2v) is 3.15. The maximum Gasteiger partial charge on any atom is 0.265 e. The Labute approximate surface area is 92.6 Å². The molecule has 1 atom stereocenters. The van der Waals surface area contributed by atoms with E-state index in [1.165, 1.54) is 0 Å². The molecule has 0 aromatic heterocycles. The van der Waals surface area contributed by atoms with Crippen molar-refractivity contribution >= 4 is 5.91 Å². The zero-order chi connectivity index (χ0) is 12.0. The number of ether oxygens (including phenoxy) is 1. The van der Waals surface area contributed by atoms with E-state index in [4.69, 9.17) is 20.8 Å². The summed E-state index contributed by atoms with van der Waals surface area (Å²) < 4.78 is 5.15. The number of nitrogens with one attached hydrogen (secondary N) is 1. The van der Waals surface area contributed by atoms with Crippen molar-refractivity contribution in [1.82, 2.24) is 5.43 Å². The number of aliphatic hydroxyl groups excluding tert-OH is 2. The number of rotatable bonds is 5. The molecular weight excluding hydrogens is 212 g/mol. The SMILES string of the molecule is NNC(=O)c1ccc(OC[C@@H](O)CO)cc1. The molecule has 0 spiro atoms. The molecule has 0 bridgehead atoms. The predicted octanol–water partition coefficient (Wildman–Crippen LogP) is -0.978. The lowest BCUT2D eigenvalue weighted by Gasteiger charge is -2.09. The summed E-state index contributed by atoms with van der Waals surface area (Å²) in [4.78, 5) is 11.1. The molecular formula is C10H14N2O4. The first kappa shape index (κ1) is 12.4. The summed E-state index contributed by atoms with van der Waals surface area (Å²) >= 11 is 0. The van der Waals surface area contributed by atoms with Gasteiger partial charge in [-0.25, -0.2) is 5.84 Å². The van der Waals surface area contributed by atoms with Crippen LogP contribution in [0.2, 0.25) is 0 Å². The molecule has 0 aliphatic carbocycles. The minimum Gasteiger partial charge on any atom is -0.491 e. The molecule has 1 rings (SSSR count). The van der Waals surface area contributed by atoms with Crippen LogP contribution in [0, 0.1) is 0 Å². The third kappa shape index (κ3) is 3.50. The van der Waals surface area contributed by atoms with Gasteiger partial charge >= 0.3 is 0 Å². The molecule has 1 aromatic rings. The molecule has 6 heteroatoms. The third-order valence-corrected chi connectivity index (χ3v) is 1.90.